The van der Waals surface area contributed by atoms with E-state index in [9.17, 15) is 14.0 Å². The van der Waals surface area contributed by atoms with Crippen molar-refractivity contribution in [3.05, 3.63) is 98.6 Å². The Bertz CT molecular complexity index is 1340. The van der Waals surface area contributed by atoms with Gasteiger partial charge in [-0.05, 0) is 47.5 Å². The van der Waals surface area contributed by atoms with E-state index in [0.29, 0.717) is 22.6 Å². The lowest BCUT2D eigenvalue weighted by molar-refractivity contribution is 0.393. The van der Waals surface area contributed by atoms with Crippen molar-refractivity contribution in [2.24, 2.45) is 0 Å². The summed E-state index contributed by atoms with van der Waals surface area (Å²) >= 11 is 0. The first-order chi connectivity index (χ1) is 15.0. The van der Waals surface area contributed by atoms with E-state index in [1.807, 2.05) is 0 Å². The van der Waals surface area contributed by atoms with Crippen LogP contribution in [0.2, 0.25) is 0 Å². The predicted octanol–water partition coefficient (Wildman–Crippen LogP) is 2.81. The maximum absolute atomic E-state index is 13.3. The first-order valence-electron chi connectivity index (χ1n) is 9.55. The molecule has 0 N–H and O–H groups in total. The summed E-state index contributed by atoms with van der Waals surface area (Å²) in [6.07, 6.45) is 1.51. The van der Waals surface area contributed by atoms with Gasteiger partial charge in [-0.3, -0.25) is 13.9 Å². The van der Waals surface area contributed by atoms with E-state index in [4.69, 9.17) is 9.47 Å². The lowest BCUT2D eigenvalue weighted by Gasteiger charge is -2.15. The van der Waals surface area contributed by atoms with E-state index in [1.165, 1.54) is 22.9 Å². The van der Waals surface area contributed by atoms with Gasteiger partial charge in [-0.15, -0.1) is 0 Å². The Balaban J connectivity index is 1.88. The van der Waals surface area contributed by atoms with E-state index < -0.39 is 11.2 Å². The summed E-state index contributed by atoms with van der Waals surface area (Å²) in [4.78, 5) is 30.6. The number of rotatable bonds is 6. The molecule has 2 aromatic heterocycles. The molecule has 0 aliphatic rings. The van der Waals surface area contributed by atoms with Crippen LogP contribution in [0.4, 0.5) is 4.39 Å². The Kier molecular flexibility index (Phi) is 5.53. The van der Waals surface area contributed by atoms with Gasteiger partial charge in [0.1, 0.15) is 17.3 Å². The number of hydrogen-bond acceptors (Lipinski definition) is 5. The van der Waals surface area contributed by atoms with E-state index in [-0.39, 0.29) is 24.4 Å². The summed E-state index contributed by atoms with van der Waals surface area (Å²) in [6, 6.07) is 14.4. The molecule has 158 valence electrons. The lowest BCUT2D eigenvalue weighted by Crippen LogP contribution is -2.40. The quantitative estimate of drug-likeness (QED) is 0.479. The largest absolute Gasteiger partial charge is 0.497 e. The molecule has 4 aromatic rings. The highest BCUT2D eigenvalue weighted by molar-refractivity contribution is 5.73. The highest BCUT2D eigenvalue weighted by Crippen LogP contribution is 2.23. The second-order valence-electron chi connectivity index (χ2n) is 6.98. The lowest BCUT2D eigenvalue weighted by atomic mass is 10.2. The number of aromatic nitrogens is 3. The highest BCUT2D eigenvalue weighted by Gasteiger charge is 2.15. The number of benzene rings is 2. The number of methoxy groups -OCH3 is 2. The minimum absolute atomic E-state index is 0.00585. The topological polar surface area (TPSA) is 75.4 Å². The van der Waals surface area contributed by atoms with Crippen LogP contribution in [0, 0.1) is 5.82 Å². The summed E-state index contributed by atoms with van der Waals surface area (Å²) in [5.74, 6) is 0.787. The standard InChI is InChI=1S/C23H20FN3O4/c1-30-18-10-16(11-19(12-18)31-2)14-26-20-4-3-9-25-21(20)22(28)27(23(26)29)13-15-5-7-17(24)8-6-15/h3-12H,13-14H2,1-2H3. The molecule has 0 bridgehead atoms. The average molecular weight is 421 g/mol. The van der Waals surface area contributed by atoms with Crippen molar-refractivity contribution in [1.82, 2.24) is 14.1 Å². The Hall–Kier alpha value is -3.94. The van der Waals surface area contributed by atoms with Crippen molar-refractivity contribution in [1.29, 1.82) is 0 Å². The summed E-state index contributed by atoms with van der Waals surface area (Å²) < 4.78 is 26.5. The van der Waals surface area contributed by atoms with Gasteiger partial charge in [-0.2, -0.15) is 0 Å². The van der Waals surface area contributed by atoms with Crippen molar-refractivity contribution in [3.63, 3.8) is 0 Å². The minimum atomic E-state index is -0.496. The normalized spacial score (nSPS) is 10.9. The van der Waals surface area contributed by atoms with Crippen LogP contribution in [-0.2, 0) is 13.1 Å². The maximum Gasteiger partial charge on any atom is 0.332 e. The molecule has 0 fully saturated rings. The van der Waals surface area contributed by atoms with Crippen molar-refractivity contribution in [2.45, 2.75) is 13.1 Å². The highest BCUT2D eigenvalue weighted by atomic mass is 19.1. The summed E-state index contributed by atoms with van der Waals surface area (Å²) in [6.45, 7) is 0.185. The fourth-order valence-electron chi connectivity index (χ4n) is 3.45. The van der Waals surface area contributed by atoms with Gasteiger partial charge in [-0.1, -0.05) is 12.1 Å². The summed E-state index contributed by atoms with van der Waals surface area (Å²) in [5.41, 5.74) is 1.01. The van der Waals surface area contributed by atoms with Crippen LogP contribution in [0.3, 0.4) is 0 Å². The Morgan fingerprint density at radius 2 is 1.52 bits per heavy atom. The number of fused-ring (bicyclic) bond motifs is 1. The molecule has 0 unspecified atom stereocenters. The van der Waals surface area contributed by atoms with Crippen LogP contribution in [0.1, 0.15) is 11.1 Å². The van der Waals surface area contributed by atoms with Gasteiger partial charge in [0.2, 0.25) is 0 Å². The maximum atomic E-state index is 13.3. The molecule has 0 saturated carbocycles. The molecule has 0 aliphatic heterocycles. The molecule has 7 nitrogen and oxygen atoms in total. The van der Waals surface area contributed by atoms with Gasteiger partial charge in [0.05, 0.1) is 32.8 Å². The number of halogens is 1. The Morgan fingerprint density at radius 3 is 2.16 bits per heavy atom. The number of ether oxygens (including phenoxy) is 2. The Morgan fingerprint density at radius 1 is 0.871 bits per heavy atom. The second kappa shape index (κ2) is 8.43. The molecule has 0 spiro atoms. The fourth-order valence-corrected chi connectivity index (χ4v) is 3.45. The van der Waals surface area contributed by atoms with Crippen LogP contribution >= 0.6 is 0 Å². The van der Waals surface area contributed by atoms with Gasteiger partial charge in [-0.25, -0.2) is 14.2 Å². The van der Waals surface area contributed by atoms with Crippen LogP contribution in [0.5, 0.6) is 11.5 Å². The number of nitrogens with zero attached hydrogens (tertiary/aromatic N) is 3. The predicted molar refractivity (Wildman–Crippen MR) is 114 cm³/mol. The molecule has 0 aliphatic carbocycles. The smallest absolute Gasteiger partial charge is 0.332 e. The third-order valence-electron chi connectivity index (χ3n) is 4.99. The van der Waals surface area contributed by atoms with Crippen molar-refractivity contribution in [3.8, 4) is 11.5 Å². The zero-order chi connectivity index (χ0) is 22.0. The average Bonchev–Trinajstić information content (AvgIpc) is 2.80. The number of hydrogen-bond donors (Lipinski definition) is 0. The first kappa shape index (κ1) is 20.3. The van der Waals surface area contributed by atoms with E-state index in [2.05, 4.69) is 4.98 Å². The molecule has 0 saturated heterocycles. The molecule has 31 heavy (non-hydrogen) atoms. The SMILES string of the molecule is COc1cc(Cn2c(=O)n(Cc3ccc(F)cc3)c(=O)c3ncccc32)cc(OC)c1. The van der Waals surface area contributed by atoms with Crippen molar-refractivity contribution < 1.29 is 13.9 Å². The monoisotopic (exact) mass is 421 g/mol. The van der Waals surface area contributed by atoms with E-state index in [0.717, 1.165) is 10.1 Å². The molecule has 0 amide bonds. The van der Waals surface area contributed by atoms with Crippen molar-refractivity contribution in [2.75, 3.05) is 14.2 Å². The van der Waals surface area contributed by atoms with Gasteiger partial charge >= 0.3 is 5.69 Å². The van der Waals surface area contributed by atoms with E-state index in [1.54, 1.807) is 56.7 Å². The van der Waals surface area contributed by atoms with Gasteiger partial charge in [0, 0.05) is 12.3 Å². The molecular weight excluding hydrogens is 401 g/mol. The minimum Gasteiger partial charge on any atom is -0.497 e. The van der Waals surface area contributed by atoms with Crippen LogP contribution in [0.25, 0.3) is 11.0 Å². The third kappa shape index (κ3) is 4.05. The zero-order valence-corrected chi connectivity index (χ0v) is 17.0. The second-order valence-corrected chi connectivity index (χ2v) is 6.98. The van der Waals surface area contributed by atoms with Gasteiger partial charge in [0.25, 0.3) is 5.56 Å². The Labute approximate surface area is 176 Å². The molecular formula is C23H20FN3O4. The van der Waals surface area contributed by atoms with Gasteiger partial charge in [0.15, 0.2) is 5.52 Å². The molecule has 8 heteroatoms. The van der Waals surface area contributed by atoms with E-state index >= 15 is 0 Å². The van der Waals surface area contributed by atoms with Crippen molar-refractivity contribution >= 4 is 11.0 Å². The number of pyridine rings is 1. The molecule has 4 rings (SSSR count). The molecule has 2 heterocycles. The summed E-state index contributed by atoms with van der Waals surface area (Å²) in [5, 5.41) is 0. The molecule has 0 atom stereocenters. The van der Waals surface area contributed by atoms with Crippen LogP contribution in [-0.4, -0.2) is 28.3 Å². The zero-order valence-electron chi connectivity index (χ0n) is 17.0. The first-order valence-corrected chi connectivity index (χ1v) is 9.55. The molecule has 0 radical (unpaired) electrons. The fraction of sp³-hybridized carbons (Fsp3) is 0.174. The van der Waals surface area contributed by atoms with Crippen LogP contribution < -0.4 is 20.7 Å². The molecule has 2 aromatic carbocycles. The summed E-state index contributed by atoms with van der Waals surface area (Å²) in [7, 11) is 3.10. The third-order valence-corrected chi connectivity index (χ3v) is 4.99. The van der Waals surface area contributed by atoms with Crippen LogP contribution in [0.15, 0.2) is 70.4 Å². The van der Waals surface area contributed by atoms with Gasteiger partial charge < -0.3 is 9.47 Å².